The highest BCUT2D eigenvalue weighted by atomic mass is 79.9. The largest absolute Gasteiger partial charge is 0.471 e. The van der Waals surface area contributed by atoms with E-state index >= 15 is 0 Å². The topological polar surface area (TPSA) is 123 Å². The van der Waals surface area contributed by atoms with Gasteiger partial charge in [0.05, 0.1) is 22.0 Å². The molecule has 0 aliphatic rings. The Morgan fingerprint density at radius 2 is 2.21 bits per heavy atom. The van der Waals surface area contributed by atoms with E-state index < -0.39 is 4.92 Å². The van der Waals surface area contributed by atoms with Crippen LogP contribution < -0.4 is 10.3 Å². The Hall–Kier alpha value is -3.58. The van der Waals surface area contributed by atoms with Crippen molar-refractivity contribution < 1.29 is 9.66 Å². The molecule has 1 aromatic heterocycles. The lowest BCUT2D eigenvalue weighted by molar-refractivity contribution is -0.385. The highest BCUT2D eigenvalue weighted by Crippen LogP contribution is 2.30. The van der Waals surface area contributed by atoms with Crippen LogP contribution in [0.1, 0.15) is 11.4 Å². The summed E-state index contributed by atoms with van der Waals surface area (Å²) in [5, 5.41) is 24.5. The number of aryl methyl sites for hydroxylation is 1. The predicted octanol–water partition coefficient (Wildman–Crippen LogP) is 3.16. The summed E-state index contributed by atoms with van der Waals surface area (Å²) >= 11 is 3.32. The molecule has 28 heavy (non-hydrogen) atoms. The first-order valence-corrected chi connectivity index (χ1v) is 8.72. The number of nitro benzene ring substituents is 1. The van der Waals surface area contributed by atoms with Gasteiger partial charge in [-0.2, -0.15) is 15.0 Å². The summed E-state index contributed by atoms with van der Waals surface area (Å²) < 4.78 is 7.04. The monoisotopic (exact) mass is 441 g/mol. The molecule has 0 aliphatic heterocycles. The van der Waals surface area contributed by atoms with Gasteiger partial charge in [-0.05, 0) is 31.2 Å². The van der Waals surface area contributed by atoms with Crippen molar-refractivity contribution in [1.82, 2.24) is 9.66 Å². The quantitative estimate of drug-likeness (QED) is 0.340. The second-order valence-electron chi connectivity index (χ2n) is 5.58. The van der Waals surface area contributed by atoms with Gasteiger partial charge in [0.1, 0.15) is 11.9 Å². The van der Waals surface area contributed by atoms with Crippen LogP contribution in [0.25, 0.3) is 10.9 Å². The van der Waals surface area contributed by atoms with Crippen LogP contribution in [0.3, 0.4) is 0 Å². The average Bonchev–Trinajstić information content (AvgIpc) is 2.67. The number of fused-ring (bicyclic) bond motifs is 1. The Balaban J connectivity index is 2.12. The highest BCUT2D eigenvalue weighted by molar-refractivity contribution is 9.10. The third kappa shape index (κ3) is 3.74. The fourth-order valence-electron chi connectivity index (χ4n) is 2.57. The highest BCUT2D eigenvalue weighted by Gasteiger charge is 2.18. The summed E-state index contributed by atoms with van der Waals surface area (Å²) in [4.78, 5) is 27.7. The molecule has 3 rings (SSSR count). The third-order valence-corrected chi connectivity index (χ3v) is 4.28. The van der Waals surface area contributed by atoms with Gasteiger partial charge in [-0.1, -0.05) is 22.0 Å². The van der Waals surface area contributed by atoms with Gasteiger partial charge >= 0.3 is 5.69 Å². The van der Waals surface area contributed by atoms with Gasteiger partial charge in [-0.3, -0.25) is 14.9 Å². The van der Waals surface area contributed by atoms with Crippen molar-refractivity contribution in [3.05, 3.63) is 72.7 Å². The van der Waals surface area contributed by atoms with Crippen molar-refractivity contribution >= 4 is 38.7 Å². The summed E-state index contributed by atoms with van der Waals surface area (Å²) in [6.45, 7) is 1.26. The molecule has 0 fully saturated rings. The maximum Gasteiger partial charge on any atom is 0.311 e. The fourth-order valence-corrected chi connectivity index (χ4v) is 2.93. The van der Waals surface area contributed by atoms with E-state index in [0.717, 1.165) is 9.15 Å². The molecule has 0 N–H and O–H groups in total. The second-order valence-corrected chi connectivity index (χ2v) is 6.50. The van der Waals surface area contributed by atoms with E-state index in [1.807, 2.05) is 0 Å². The number of nitrogens with zero attached hydrogens (tertiary/aromatic N) is 5. The van der Waals surface area contributed by atoms with Crippen LogP contribution in [0.2, 0.25) is 0 Å². The SMILES string of the molecule is Cc1nc2ccc(Br)cc2c(=O)n1N=Cc1cccc([N+](=O)[O-])c1OCC#N. The molecule has 0 saturated carbocycles. The minimum absolute atomic E-state index is 0.0972. The average molecular weight is 442 g/mol. The maximum atomic E-state index is 12.8. The van der Waals surface area contributed by atoms with E-state index in [4.69, 9.17) is 10.00 Å². The molecule has 0 unspecified atom stereocenters. The summed E-state index contributed by atoms with van der Waals surface area (Å²) in [5.41, 5.74) is 0.101. The van der Waals surface area contributed by atoms with Crippen molar-refractivity contribution in [2.75, 3.05) is 6.61 Å². The number of rotatable bonds is 5. The molecule has 140 valence electrons. The van der Waals surface area contributed by atoms with E-state index in [-0.39, 0.29) is 29.2 Å². The molecule has 0 bridgehead atoms. The van der Waals surface area contributed by atoms with Gasteiger partial charge < -0.3 is 4.74 Å². The molecule has 10 heteroatoms. The number of ether oxygens (including phenoxy) is 1. The zero-order valence-corrected chi connectivity index (χ0v) is 16.1. The van der Waals surface area contributed by atoms with Crippen LogP contribution in [0.15, 0.2) is 50.8 Å². The molecular weight excluding hydrogens is 430 g/mol. The number of para-hydroxylation sites is 1. The third-order valence-electron chi connectivity index (χ3n) is 3.78. The van der Waals surface area contributed by atoms with Crippen LogP contribution in [0.5, 0.6) is 5.75 Å². The molecule has 9 nitrogen and oxygen atoms in total. The van der Waals surface area contributed by atoms with Crippen molar-refractivity contribution in [3.8, 4) is 11.8 Å². The normalized spacial score (nSPS) is 10.9. The smallest absolute Gasteiger partial charge is 0.311 e. The number of nitro groups is 1. The van der Waals surface area contributed by atoms with E-state index in [9.17, 15) is 14.9 Å². The maximum absolute atomic E-state index is 12.8. The molecule has 1 heterocycles. The first-order chi connectivity index (χ1) is 13.4. The minimum atomic E-state index is -0.615. The van der Waals surface area contributed by atoms with Gasteiger partial charge in [0, 0.05) is 16.1 Å². The molecular formula is C18H12BrN5O4. The Kier molecular flexibility index (Phi) is 5.47. The van der Waals surface area contributed by atoms with Crippen LogP contribution >= 0.6 is 15.9 Å². The predicted molar refractivity (Wildman–Crippen MR) is 106 cm³/mol. The van der Waals surface area contributed by atoms with Gasteiger partial charge in [0.2, 0.25) is 5.75 Å². The summed E-state index contributed by atoms with van der Waals surface area (Å²) in [5.74, 6) is 0.251. The lowest BCUT2D eigenvalue weighted by atomic mass is 10.2. The fraction of sp³-hybridized carbons (Fsp3) is 0.111. The number of hydrogen-bond acceptors (Lipinski definition) is 7. The standard InChI is InChI=1S/C18H12BrN5O4/c1-11-22-15-6-5-13(19)9-14(15)18(25)23(11)21-10-12-3-2-4-16(24(26)27)17(12)28-8-7-20/h2-6,9-10H,8H2,1H3. The number of aromatic nitrogens is 2. The lowest BCUT2D eigenvalue weighted by Crippen LogP contribution is -2.20. The molecule has 0 saturated heterocycles. The molecule has 0 radical (unpaired) electrons. The summed E-state index contributed by atoms with van der Waals surface area (Å²) in [7, 11) is 0. The Morgan fingerprint density at radius 1 is 1.43 bits per heavy atom. The number of benzene rings is 2. The first kappa shape index (κ1) is 19.2. The van der Waals surface area contributed by atoms with Crippen LogP contribution in [-0.2, 0) is 0 Å². The summed E-state index contributed by atoms with van der Waals surface area (Å²) in [6, 6.07) is 11.2. The Labute approximate surface area is 166 Å². The van der Waals surface area contributed by atoms with E-state index in [0.29, 0.717) is 16.7 Å². The Morgan fingerprint density at radius 3 is 2.93 bits per heavy atom. The summed E-state index contributed by atoms with van der Waals surface area (Å²) in [6.07, 6.45) is 1.26. The van der Waals surface area contributed by atoms with Crippen molar-refractivity contribution in [1.29, 1.82) is 5.26 Å². The molecule has 0 amide bonds. The van der Waals surface area contributed by atoms with E-state index in [2.05, 4.69) is 26.0 Å². The van der Waals surface area contributed by atoms with Crippen molar-refractivity contribution in [3.63, 3.8) is 0 Å². The molecule has 0 aliphatic carbocycles. The van der Waals surface area contributed by atoms with Crippen LogP contribution in [0.4, 0.5) is 5.69 Å². The van der Waals surface area contributed by atoms with Gasteiger partial charge in [-0.15, -0.1) is 0 Å². The van der Waals surface area contributed by atoms with Gasteiger partial charge in [0.25, 0.3) is 5.56 Å². The van der Waals surface area contributed by atoms with E-state index in [1.54, 1.807) is 31.2 Å². The molecule has 0 atom stereocenters. The number of hydrogen-bond donors (Lipinski definition) is 0. The van der Waals surface area contributed by atoms with Crippen molar-refractivity contribution in [2.24, 2.45) is 5.10 Å². The number of nitriles is 1. The molecule has 3 aromatic rings. The minimum Gasteiger partial charge on any atom is -0.471 e. The second kappa shape index (κ2) is 7.98. The number of halogens is 1. The van der Waals surface area contributed by atoms with Gasteiger partial charge in [0.15, 0.2) is 6.61 Å². The van der Waals surface area contributed by atoms with Gasteiger partial charge in [-0.25, -0.2) is 4.98 Å². The zero-order valence-electron chi connectivity index (χ0n) is 14.5. The van der Waals surface area contributed by atoms with Crippen LogP contribution in [-0.4, -0.2) is 27.4 Å². The van der Waals surface area contributed by atoms with Crippen molar-refractivity contribution in [2.45, 2.75) is 6.92 Å². The Bertz CT molecular complexity index is 1210. The zero-order chi connectivity index (χ0) is 20.3. The lowest BCUT2D eigenvalue weighted by Gasteiger charge is -2.08. The van der Waals surface area contributed by atoms with E-state index in [1.165, 1.54) is 24.4 Å². The van der Waals surface area contributed by atoms with Crippen LogP contribution in [0, 0.1) is 28.4 Å². The molecule has 0 spiro atoms. The molecule has 2 aromatic carbocycles. The first-order valence-electron chi connectivity index (χ1n) is 7.93.